The van der Waals surface area contributed by atoms with E-state index in [2.05, 4.69) is 0 Å². The highest BCUT2D eigenvalue weighted by atomic mass is 14.3. The summed E-state index contributed by atoms with van der Waals surface area (Å²) in [7, 11) is 0. The van der Waals surface area contributed by atoms with Crippen molar-refractivity contribution in [1.82, 2.24) is 0 Å². The average Bonchev–Trinajstić information content (AvgIpc) is 3.25. The molecule has 0 aliphatic heterocycles. The number of fused-ring (bicyclic) bond motifs is 3. The Kier molecular flexibility index (Phi) is 2.95. The van der Waals surface area contributed by atoms with E-state index in [0.29, 0.717) is 0 Å². The molecule has 8 aromatic rings. The van der Waals surface area contributed by atoms with Crippen LogP contribution in [0, 0.1) is 0 Å². The molecule has 0 nitrogen and oxygen atoms in total. The van der Waals surface area contributed by atoms with Crippen LogP contribution in [0.25, 0.3) is 76.8 Å². The third kappa shape index (κ3) is 3.84. The molecule has 0 bridgehead atoms. The minimum atomic E-state index is -0.782. The summed E-state index contributed by atoms with van der Waals surface area (Å²) in [5, 5.41) is -1.31. The van der Waals surface area contributed by atoms with Gasteiger partial charge in [-0.1, -0.05) is 169 Å². The van der Waals surface area contributed by atoms with Crippen LogP contribution in [0.2, 0.25) is 0 Å². The maximum absolute atomic E-state index is 9.49. The first-order valence-electron chi connectivity index (χ1n) is 22.1. The topological polar surface area (TPSA) is 0 Å². The Morgan fingerprint density at radius 3 is 0.905 bits per heavy atom. The Balaban J connectivity index is 1.97. The first-order chi connectivity index (χ1) is 28.4. The van der Waals surface area contributed by atoms with E-state index >= 15 is 0 Å². The Hall–Kier alpha value is -5.46. The van der Waals surface area contributed by atoms with Crippen LogP contribution in [0.4, 0.5) is 0 Å². The van der Waals surface area contributed by atoms with Crippen LogP contribution in [-0.4, -0.2) is 0 Å². The van der Waals surface area contributed by atoms with Crippen LogP contribution in [-0.2, 0) is 0 Å². The Morgan fingerprint density at radius 2 is 0.571 bits per heavy atom. The molecule has 0 fully saturated rings. The van der Waals surface area contributed by atoms with Crippen molar-refractivity contribution in [2.75, 3.05) is 0 Å². The number of hydrogen-bond acceptors (Lipinski definition) is 0. The predicted molar refractivity (Wildman–Crippen MR) is 181 cm³/mol. The summed E-state index contributed by atoms with van der Waals surface area (Å²) >= 11 is 0. The normalized spacial score (nSPS) is 17.3. The van der Waals surface area contributed by atoms with Crippen molar-refractivity contribution in [3.63, 3.8) is 0 Å². The predicted octanol–water partition coefficient (Wildman–Crippen LogP) is 11.8. The largest absolute Gasteiger partial charge is 0.0629 e. The lowest BCUT2D eigenvalue weighted by Gasteiger charge is -2.25. The minimum Gasteiger partial charge on any atom is -0.0622 e. The lowest BCUT2D eigenvalue weighted by Crippen LogP contribution is -1.97. The summed E-state index contributed by atoms with van der Waals surface area (Å²) in [5.41, 5.74) is -1.13. The van der Waals surface area contributed by atoms with Gasteiger partial charge in [-0.25, -0.2) is 0 Å². The van der Waals surface area contributed by atoms with E-state index in [1.54, 1.807) is 60.7 Å². The standard InChI is InChI=1S/C42H28/c1-5-17-29(18-6-1)37-33-25-13-14-26-34(33)39(31-21-9-3-10-22-31)42-40(32-23-11-4-12-24-32)36-28-16-15-27-35(36)38(41(37)42)30-19-7-2-8-20-30/h1-28H/i1D,4D,5D,6D,11D,12D,13D,14D,15D,16D,17D,18D,23D,24D,25D,26D,27D,28D. The van der Waals surface area contributed by atoms with Crippen molar-refractivity contribution in [1.29, 1.82) is 0 Å². The summed E-state index contributed by atoms with van der Waals surface area (Å²) in [6.07, 6.45) is 0. The molecular weight excluding hydrogens is 504 g/mol. The van der Waals surface area contributed by atoms with Crippen LogP contribution in [0.15, 0.2) is 169 Å². The van der Waals surface area contributed by atoms with Gasteiger partial charge in [0, 0.05) is 0 Å². The van der Waals surface area contributed by atoms with Gasteiger partial charge >= 0.3 is 0 Å². The molecule has 0 aliphatic rings. The van der Waals surface area contributed by atoms with E-state index in [9.17, 15) is 11.0 Å². The fourth-order valence-corrected chi connectivity index (χ4v) is 5.66. The molecule has 0 N–H and O–H groups in total. The summed E-state index contributed by atoms with van der Waals surface area (Å²) in [6, 6.07) is 3.23. The van der Waals surface area contributed by atoms with Crippen LogP contribution >= 0.6 is 0 Å². The molecular formula is C42H28. The molecule has 0 atom stereocenters. The van der Waals surface area contributed by atoms with E-state index in [0.717, 1.165) is 0 Å². The third-order valence-electron chi connectivity index (χ3n) is 7.25. The summed E-state index contributed by atoms with van der Waals surface area (Å²) < 4.78 is 163. The molecule has 42 heavy (non-hydrogen) atoms. The lowest BCUT2D eigenvalue weighted by atomic mass is 9.77. The molecule has 0 radical (unpaired) electrons. The van der Waals surface area contributed by atoms with Crippen molar-refractivity contribution < 1.29 is 24.7 Å². The van der Waals surface area contributed by atoms with Gasteiger partial charge in [0.25, 0.3) is 0 Å². The Labute approximate surface area is 271 Å². The molecule has 0 amide bonds. The fourth-order valence-electron chi connectivity index (χ4n) is 5.66. The molecule has 0 heteroatoms. The minimum absolute atomic E-state index is 0.00276. The summed E-state index contributed by atoms with van der Waals surface area (Å²) in [6.45, 7) is 0. The monoisotopic (exact) mass is 550 g/mol. The maximum Gasteiger partial charge on any atom is 0.0629 e. The van der Waals surface area contributed by atoms with E-state index in [1.165, 1.54) is 0 Å². The fraction of sp³-hybridized carbons (Fsp3) is 0. The van der Waals surface area contributed by atoms with Crippen molar-refractivity contribution >= 4 is 32.3 Å². The highest BCUT2D eigenvalue weighted by molar-refractivity contribution is 6.33. The second-order valence-electron chi connectivity index (χ2n) is 9.48. The van der Waals surface area contributed by atoms with Gasteiger partial charge in [-0.2, -0.15) is 0 Å². The van der Waals surface area contributed by atoms with Gasteiger partial charge in [0.05, 0.1) is 24.7 Å². The van der Waals surface area contributed by atoms with Crippen molar-refractivity contribution in [2.45, 2.75) is 0 Å². The van der Waals surface area contributed by atoms with Gasteiger partial charge in [-0.05, 0) is 76.8 Å². The first kappa shape index (κ1) is 12.2. The molecule has 196 valence electrons. The quantitative estimate of drug-likeness (QED) is 0.191. The molecule has 0 spiro atoms. The van der Waals surface area contributed by atoms with E-state index < -0.39 is 120 Å². The Morgan fingerprint density at radius 1 is 0.286 bits per heavy atom. The summed E-state index contributed by atoms with van der Waals surface area (Å²) in [4.78, 5) is 0. The van der Waals surface area contributed by atoms with Gasteiger partial charge in [0.1, 0.15) is 0 Å². The van der Waals surface area contributed by atoms with Gasteiger partial charge in [-0.3, -0.25) is 0 Å². The molecule has 0 saturated carbocycles. The van der Waals surface area contributed by atoms with Gasteiger partial charge < -0.3 is 0 Å². The molecule has 0 heterocycles. The lowest BCUT2D eigenvalue weighted by molar-refractivity contribution is 1.63. The van der Waals surface area contributed by atoms with Crippen molar-refractivity contribution in [3.8, 4) is 44.5 Å². The summed E-state index contributed by atoms with van der Waals surface area (Å²) in [5.74, 6) is 0. The molecule has 0 aliphatic carbocycles. The van der Waals surface area contributed by atoms with Crippen molar-refractivity contribution in [2.24, 2.45) is 0 Å². The van der Waals surface area contributed by atoms with Gasteiger partial charge in [0.15, 0.2) is 0 Å². The van der Waals surface area contributed by atoms with Gasteiger partial charge in [0.2, 0.25) is 0 Å². The van der Waals surface area contributed by atoms with Crippen LogP contribution in [0.1, 0.15) is 24.7 Å². The first-order valence-corrected chi connectivity index (χ1v) is 13.1. The zero-order valence-electron chi connectivity index (χ0n) is 39.8. The smallest absolute Gasteiger partial charge is 0.0622 e. The second-order valence-corrected chi connectivity index (χ2v) is 9.48. The maximum atomic E-state index is 9.49. The zero-order chi connectivity index (χ0) is 43.5. The zero-order valence-corrected chi connectivity index (χ0v) is 21.8. The molecule has 0 aromatic heterocycles. The highest BCUT2D eigenvalue weighted by Gasteiger charge is 2.25. The highest BCUT2D eigenvalue weighted by Crippen LogP contribution is 2.53. The third-order valence-corrected chi connectivity index (χ3v) is 7.25. The SMILES string of the molecule is [2H]c1c([2H])c([2H])c(-c2c3c([2H])c([2H])c([2H])c([2H])c3c(-c3ccccc3)c3c(-c4c([2H])c([2H])c([2H])c([2H])c4[2H])c4c([2H])c([2H])c([2H])c([2H])c4c(-c4ccccc4)c23)c([2H])c1[2H]. The average molecular weight is 551 g/mol. The number of hydrogen-bond donors (Lipinski definition) is 0. The molecule has 8 aromatic carbocycles. The number of rotatable bonds is 4. The molecule has 8 rings (SSSR count). The van der Waals surface area contributed by atoms with Crippen LogP contribution in [0.3, 0.4) is 0 Å². The molecule has 0 unspecified atom stereocenters. The second kappa shape index (κ2) is 10.2. The number of benzene rings is 8. The van der Waals surface area contributed by atoms with Crippen LogP contribution < -0.4 is 0 Å². The van der Waals surface area contributed by atoms with Gasteiger partial charge in [-0.15, -0.1) is 0 Å². The molecule has 0 saturated heterocycles. The van der Waals surface area contributed by atoms with Crippen LogP contribution in [0.5, 0.6) is 0 Å². The van der Waals surface area contributed by atoms with E-state index in [1.807, 2.05) is 0 Å². The van der Waals surface area contributed by atoms with Crippen molar-refractivity contribution in [3.05, 3.63) is 169 Å². The van der Waals surface area contributed by atoms with E-state index in [4.69, 9.17) is 13.7 Å². The Bertz CT molecular complexity index is 2940. The van der Waals surface area contributed by atoms with E-state index in [-0.39, 0.29) is 65.7 Å².